The summed E-state index contributed by atoms with van der Waals surface area (Å²) in [7, 11) is -3.84. The van der Waals surface area contributed by atoms with Crippen molar-refractivity contribution in [2.24, 2.45) is 5.41 Å². The molecule has 32 heavy (non-hydrogen) atoms. The summed E-state index contributed by atoms with van der Waals surface area (Å²) in [4.78, 5) is 24.4. The van der Waals surface area contributed by atoms with E-state index in [1.54, 1.807) is 12.2 Å². The summed E-state index contributed by atoms with van der Waals surface area (Å²) < 4.78 is 41.2. The summed E-state index contributed by atoms with van der Waals surface area (Å²) in [6.45, 7) is 0. The number of rotatable bonds is 6. The van der Waals surface area contributed by atoms with Crippen LogP contribution in [0.25, 0.3) is 5.57 Å². The van der Waals surface area contributed by atoms with Crippen LogP contribution in [0.3, 0.4) is 0 Å². The summed E-state index contributed by atoms with van der Waals surface area (Å²) in [5.74, 6) is -2.06. The second kappa shape index (κ2) is 7.59. The van der Waals surface area contributed by atoms with Gasteiger partial charge < -0.3 is 5.11 Å². The number of hydrogen-bond acceptors (Lipinski definition) is 5. The molecule has 1 aromatic heterocycles. The molecule has 0 radical (unpaired) electrons. The highest BCUT2D eigenvalue weighted by atomic mass is 32.2. The first-order valence-corrected chi connectivity index (χ1v) is 11.7. The number of halogens is 1. The molecule has 0 saturated heterocycles. The highest BCUT2D eigenvalue weighted by molar-refractivity contribution is 7.89. The number of amides is 2. The van der Waals surface area contributed by atoms with E-state index in [4.69, 9.17) is 0 Å². The molecular weight excluding hydrogens is 439 g/mol. The normalized spacial score (nSPS) is 21.5. The molecule has 2 aromatic rings. The molecule has 168 valence electrons. The number of aromatic nitrogens is 2. The van der Waals surface area contributed by atoms with Gasteiger partial charge in [0.15, 0.2) is 11.6 Å². The van der Waals surface area contributed by atoms with Gasteiger partial charge in [-0.1, -0.05) is 48.6 Å². The van der Waals surface area contributed by atoms with Crippen LogP contribution in [0.1, 0.15) is 24.8 Å². The smallest absolute Gasteiger partial charge is 0.410 e. The molecule has 2 aliphatic rings. The first kappa shape index (κ1) is 21.8. The highest BCUT2D eigenvalue weighted by Gasteiger charge is 2.65. The molecule has 1 fully saturated rings. The summed E-state index contributed by atoms with van der Waals surface area (Å²) >= 11 is 0. The molecule has 0 spiro atoms. The quantitative estimate of drug-likeness (QED) is 0.608. The van der Waals surface area contributed by atoms with Crippen LogP contribution in [0.4, 0.5) is 15.0 Å². The minimum absolute atomic E-state index is 0.167. The van der Waals surface area contributed by atoms with E-state index in [9.17, 15) is 27.5 Å². The van der Waals surface area contributed by atoms with Crippen molar-refractivity contribution in [2.45, 2.75) is 24.8 Å². The minimum atomic E-state index is -3.84. The summed E-state index contributed by atoms with van der Waals surface area (Å²) in [6, 6.07) is 9.47. The van der Waals surface area contributed by atoms with Gasteiger partial charge in [-0.05, 0) is 30.4 Å². The van der Waals surface area contributed by atoms with Gasteiger partial charge in [-0.3, -0.25) is 14.8 Å². The van der Waals surface area contributed by atoms with Crippen molar-refractivity contribution >= 4 is 33.4 Å². The number of nitrogens with one attached hydrogen (secondary N) is 2. The number of carboxylic acid groups (broad SMARTS) is 1. The third-order valence-corrected chi connectivity index (χ3v) is 6.45. The predicted octanol–water partition coefficient (Wildman–Crippen LogP) is 2.71. The fourth-order valence-corrected chi connectivity index (χ4v) is 4.81. The number of allylic oxidation sites excluding steroid dienone is 4. The highest BCUT2D eigenvalue weighted by Crippen LogP contribution is 2.61. The van der Waals surface area contributed by atoms with E-state index in [0.29, 0.717) is 12.8 Å². The Morgan fingerprint density at radius 1 is 1.22 bits per heavy atom. The van der Waals surface area contributed by atoms with E-state index < -0.39 is 44.6 Å². The van der Waals surface area contributed by atoms with Crippen LogP contribution in [-0.4, -0.2) is 41.6 Å². The Morgan fingerprint density at radius 3 is 2.44 bits per heavy atom. The van der Waals surface area contributed by atoms with Crippen LogP contribution >= 0.6 is 0 Å². The van der Waals surface area contributed by atoms with E-state index in [0.717, 1.165) is 28.3 Å². The first-order valence-electron chi connectivity index (χ1n) is 9.79. The Morgan fingerprint density at radius 2 is 1.91 bits per heavy atom. The Hall–Kier alpha value is -3.47. The van der Waals surface area contributed by atoms with Gasteiger partial charge in [0.05, 0.1) is 17.9 Å². The number of nitrogens with zero attached hydrogens (tertiary/aromatic N) is 2. The van der Waals surface area contributed by atoms with Gasteiger partial charge in [-0.15, -0.1) is 0 Å². The molecule has 2 aliphatic carbocycles. The Bertz CT molecular complexity index is 1250. The lowest BCUT2D eigenvalue weighted by molar-refractivity contribution is -0.128. The molecule has 3 N–H and O–H groups in total. The Kier molecular flexibility index (Phi) is 5.16. The largest absolute Gasteiger partial charge is 0.465 e. The summed E-state index contributed by atoms with van der Waals surface area (Å²) in [5, 5.41) is 15.2. The van der Waals surface area contributed by atoms with E-state index in [1.807, 2.05) is 46.4 Å². The van der Waals surface area contributed by atoms with E-state index >= 15 is 0 Å². The molecule has 4 rings (SSSR count). The van der Waals surface area contributed by atoms with Gasteiger partial charge in [0.25, 0.3) is 0 Å². The van der Waals surface area contributed by atoms with Gasteiger partial charge in [0.2, 0.25) is 15.9 Å². The lowest BCUT2D eigenvalue weighted by Crippen LogP contribution is -2.51. The molecule has 2 amide bonds. The SMILES string of the molecule is CS(=O)(=O)NC(=O)C1(C2(n3ncc(F)c3NC(=O)O)C=CC(c3ccccc3)=CC2)CC1. The van der Waals surface area contributed by atoms with Gasteiger partial charge >= 0.3 is 6.09 Å². The van der Waals surface area contributed by atoms with Crippen LogP contribution in [0.5, 0.6) is 0 Å². The third kappa shape index (κ3) is 3.68. The number of benzene rings is 1. The molecule has 0 bridgehead atoms. The molecule has 1 atom stereocenters. The maximum atomic E-state index is 14.5. The Balaban J connectivity index is 1.83. The zero-order valence-electron chi connectivity index (χ0n) is 17.1. The van der Waals surface area contributed by atoms with Crippen LogP contribution in [0.15, 0.2) is 54.8 Å². The second-order valence-corrected chi connectivity index (χ2v) is 9.70. The number of carbonyl (C=O) groups excluding carboxylic acids is 1. The van der Waals surface area contributed by atoms with Gasteiger partial charge in [0.1, 0.15) is 5.54 Å². The first-order chi connectivity index (χ1) is 15.1. The fraction of sp³-hybridized carbons (Fsp3) is 0.286. The maximum Gasteiger partial charge on any atom is 0.410 e. The van der Waals surface area contributed by atoms with E-state index in [1.165, 1.54) is 0 Å². The van der Waals surface area contributed by atoms with Crippen LogP contribution in [0.2, 0.25) is 0 Å². The lowest BCUT2D eigenvalue weighted by Gasteiger charge is -2.40. The summed E-state index contributed by atoms with van der Waals surface area (Å²) in [5.41, 5.74) is -0.778. The summed E-state index contributed by atoms with van der Waals surface area (Å²) in [6.07, 6.45) is 6.35. The van der Waals surface area contributed by atoms with Crippen molar-refractivity contribution in [1.82, 2.24) is 14.5 Å². The molecule has 1 aromatic carbocycles. The Labute approximate surface area is 183 Å². The number of sulfonamides is 1. The molecule has 1 saturated carbocycles. The fourth-order valence-electron chi connectivity index (χ4n) is 4.28. The molecule has 0 aliphatic heterocycles. The van der Waals surface area contributed by atoms with Crippen LogP contribution < -0.4 is 10.0 Å². The number of carbonyl (C=O) groups is 2. The van der Waals surface area contributed by atoms with Crippen molar-refractivity contribution in [3.8, 4) is 0 Å². The molecule has 1 heterocycles. The molecular formula is C21H21FN4O5S. The molecule has 9 nitrogen and oxygen atoms in total. The zero-order valence-corrected chi connectivity index (χ0v) is 17.9. The number of hydrogen-bond donors (Lipinski definition) is 3. The van der Waals surface area contributed by atoms with Crippen LogP contribution in [-0.2, 0) is 20.4 Å². The van der Waals surface area contributed by atoms with Crippen molar-refractivity contribution in [1.29, 1.82) is 0 Å². The van der Waals surface area contributed by atoms with Crippen molar-refractivity contribution in [3.63, 3.8) is 0 Å². The molecule has 1 unspecified atom stereocenters. The number of anilines is 1. The third-order valence-electron chi connectivity index (χ3n) is 5.90. The van der Waals surface area contributed by atoms with Gasteiger partial charge in [-0.25, -0.2) is 22.3 Å². The van der Waals surface area contributed by atoms with Crippen molar-refractivity contribution in [3.05, 3.63) is 66.1 Å². The van der Waals surface area contributed by atoms with Crippen molar-refractivity contribution in [2.75, 3.05) is 11.6 Å². The zero-order chi connectivity index (χ0) is 23.1. The lowest BCUT2D eigenvalue weighted by atomic mass is 9.73. The second-order valence-electron chi connectivity index (χ2n) is 7.96. The van der Waals surface area contributed by atoms with Gasteiger partial charge in [-0.2, -0.15) is 5.10 Å². The average Bonchev–Trinajstić information content (AvgIpc) is 3.48. The van der Waals surface area contributed by atoms with Gasteiger partial charge in [0, 0.05) is 0 Å². The van der Waals surface area contributed by atoms with E-state index in [-0.39, 0.29) is 6.42 Å². The predicted molar refractivity (Wildman–Crippen MR) is 115 cm³/mol. The van der Waals surface area contributed by atoms with Crippen LogP contribution in [0, 0.1) is 11.2 Å². The van der Waals surface area contributed by atoms with E-state index in [2.05, 4.69) is 5.10 Å². The minimum Gasteiger partial charge on any atom is -0.465 e. The topological polar surface area (TPSA) is 130 Å². The average molecular weight is 460 g/mol. The van der Waals surface area contributed by atoms with Crippen molar-refractivity contribution < 1.29 is 27.5 Å². The maximum absolute atomic E-state index is 14.5. The standard InChI is InChI=1S/C21H21FN4O5S/c1-32(30,31)25-18(27)20(11-12-20)21(26-17(24-19(28)29)16(22)13-23-26)9-7-15(8-10-21)14-5-3-2-4-6-14/h2-9,13,24H,10-12H2,1H3,(H,25,27)(H,28,29). The monoisotopic (exact) mass is 460 g/mol. The molecule has 11 heteroatoms.